The Balaban J connectivity index is 2.50. The van der Waals surface area contributed by atoms with Gasteiger partial charge in [-0.3, -0.25) is 9.55 Å². The zero-order valence-corrected chi connectivity index (χ0v) is 10.5. The Morgan fingerprint density at radius 2 is 2.24 bits per heavy atom. The monoisotopic (exact) mass is 296 g/mol. The largest absolute Gasteiger partial charge is 0.465 e. The number of rotatable bonds is 2. The lowest BCUT2D eigenvalue weighted by atomic mass is 10.2. The van der Waals surface area contributed by atoms with Gasteiger partial charge in [0.25, 0.3) is 0 Å². The zero-order chi connectivity index (χ0) is 12.4. The number of nitrogens with one attached hydrogen (secondary N) is 1. The van der Waals surface area contributed by atoms with Gasteiger partial charge in [-0.2, -0.15) is 0 Å². The average Bonchev–Trinajstić information content (AvgIpc) is 2.67. The predicted molar refractivity (Wildman–Crippen MR) is 65.4 cm³/mol. The number of nitrogens with zero attached hydrogens (tertiary/aromatic N) is 1. The molecular formula is C11H9BrN2O3. The van der Waals surface area contributed by atoms with Crippen molar-refractivity contribution in [2.45, 2.75) is 0 Å². The minimum Gasteiger partial charge on any atom is -0.465 e. The van der Waals surface area contributed by atoms with E-state index in [1.807, 2.05) is 0 Å². The number of benzene rings is 1. The number of H-pyrrole nitrogens is 1. The molecule has 6 heteroatoms. The number of imidazole rings is 1. The van der Waals surface area contributed by atoms with Crippen LogP contribution in [-0.4, -0.2) is 22.6 Å². The van der Waals surface area contributed by atoms with Crippen molar-refractivity contribution in [3.05, 3.63) is 51.1 Å². The number of esters is 1. The summed E-state index contributed by atoms with van der Waals surface area (Å²) in [5.74, 6) is -0.436. The van der Waals surface area contributed by atoms with Crippen molar-refractivity contribution in [3.63, 3.8) is 0 Å². The molecule has 0 radical (unpaired) electrons. The molecule has 1 aromatic heterocycles. The Morgan fingerprint density at radius 3 is 2.82 bits per heavy atom. The molecule has 0 spiro atoms. The third-order valence-electron chi connectivity index (χ3n) is 2.23. The molecule has 88 valence electrons. The average molecular weight is 297 g/mol. The molecule has 0 saturated heterocycles. The maximum absolute atomic E-state index is 11.6. The van der Waals surface area contributed by atoms with Crippen molar-refractivity contribution in [1.29, 1.82) is 0 Å². The van der Waals surface area contributed by atoms with E-state index in [0.717, 1.165) is 0 Å². The summed E-state index contributed by atoms with van der Waals surface area (Å²) in [5.41, 5.74) is 0.716. The van der Waals surface area contributed by atoms with E-state index in [4.69, 9.17) is 0 Å². The highest BCUT2D eigenvalue weighted by atomic mass is 79.9. The van der Waals surface area contributed by atoms with Crippen LogP contribution in [-0.2, 0) is 4.74 Å². The van der Waals surface area contributed by atoms with Gasteiger partial charge in [-0.25, -0.2) is 9.59 Å². The van der Waals surface area contributed by atoms with Crippen molar-refractivity contribution in [2.24, 2.45) is 0 Å². The lowest BCUT2D eigenvalue weighted by Gasteiger charge is -2.03. The Bertz CT molecular complexity index is 615. The van der Waals surface area contributed by atoms with Crippen LogP contribution in [0, 0.1) is 0 Å². The van der Waals surface area contributed by atoms with Gasteiger partial charge in [0, 0.05) is 6.20 Å². The maximum Gasteiger partial charge on any atom is 0.337 e. The van der Waals surface area contributed by atoms with Crippen molar-refractivity contribution in [1.82, 2.24) is 9.55 Å². The molecule has 0 fully saturated rings. The van der Waals surface area contributed by atoms with Gasteiger partial charge in [0.15, 0.2) is 0 Å². The third-order valence-corrected chi connectivity index (χ3v) is 2.64. The number of aromatic amines is 1. The van der Waals surface area contributed by atoms with Gasteiger partial charge >= 0.3 is 11.7 Å². The molecule has 17 heavy (non-hydrogen) atoms. The summed E-state index contributed by atoms with van der Waals surface area (Å²) in [7, 11) is 1.31. The van der Waals surface area contributed by atoms with E-state index >= 15 is 0 Å². The molecule has 2 aromatic rings. The first-order valence-corrected chi connectivity index (χ1v) is 5.57. The van der Waals surface area contributed by atoms with Crippen LogP contribution in [0.3, 0.4) is 0 Å². The Morgan fingerprint density at radius 1 is 1.47 bits per heavy atom. The first-order valence-electron chi connectivity index (χ1n) is 4.78. The van der Waals surface area contributed by atoms with Crippen molar-refractivity contribution in [3.8, 4) is 5.69 Å². The first-order chi connectivity index (χ1) is 8.11. The minimum atomic E-state index is -0.436. The van der Waals surface area contributed by atoms with Gasteiger partial charge in [0.2, 0.25) is 0 Å². The molecule has 0 amide bonds. The maximum atomic E-state index is 11.6. The van der Waals surface area contributed by atoms with Crippen LogP contribution < -0.4 is 5.69 Å². The second-order valence-electron chi connectivity index (χ2n) is 3.32. The quantitative estimate of drug-likeness (QED) is 0.858. The molecule has 0 aliphatic carbocycles. The summed E-state index contributed by atoms with van der Waals surface area (Å²) in [6.45, 7) is 0. The number of carbonyl (C=O) groups excluding carboxylic acids is 1. The molecule has 2 rings (SSSR count). The summed E-state index contributed by atoms with van der Waals surface area (Å²) >= 11 is 3.17. The van der Waals surface area contributed by atoms with Crippen LogP contribution in [0.25, 0.3) is 5.69 Å². The number of carbonyl (C=O) groups is 1. The number of ether oxygens (including phenoxy) is 1. The lowest BCUT2D eigenvalue weighted by molar-refractivity contribution is 0.0600. The van der Waals surface area contributed by atoms with Crippen LogP contribution in [0.15, 0.2) is 39.9 Å². The molecule has 1 heterocycles. The molecule has 0 saturated carbocycles. The smallest absolute Gasteiger partial charge is 0.337 e. The second kappa shape index (κ2) is 4.58. The molecule has 0 aliphatic heterocycles. The van der Waals surface area contributed by atoms with E-state index in [1.54, 1.807) is 30.5 Å². The SMILES string of the molecule is COC(=O)c1cccc(-n2cc(Br)[nH]c2=O)c1. The van der Waals surface area contributed by atoms with Crippen molar-refractivity contribution < 1.29 is 9.53 Å². The van der Waals surface area contributed by atoms with Gasteiger partial charge in [-0.05, 0) is 34.1 Å². The van der Waals surface area contributed by atoms with Gasteiger partial charge in [-0.1, -0.05) is 6.07 Å². The van der Waals surface area contributed by atoms with Crippen molar-refractivity contribution in [2.75, 3.05) is 7.11 Å². The summed E-state index contributed by atoms with van der Waals surface area (Å²) in [5, 5.41) is 0. The fourth-order valence-electron chi connectivity index (χ4n) is 1.46. The van der Waals surface area contributed by atoms with Crippen LogP contribution in [0.2, 0.25) is 0 Å². The Hall–Kier alpha value is -1.82. The van der Waals surface area contributed by atoms with Gasteiger partial charge in [0.05, 0.1) is 18.4 Å². The molecule has 0 unspecified atom stereocenters. The summed E-state index contributed by atoms with van der Waals surface area (Å²) in [6.07, 6.45) is 1.60. The summed E-state index contributed by atoms with van der Waals surface area (Å²) in [4.78, 5) is 25.5. The van der Waals surface area contributed by atoms with Crippen LogP contribution in [0.4, 0.5) is 0 Å². The third kappa shape index (κ3) is 2.31. The summed E-state index contributed by atoms with van der Waals surface area (Å²) in [6, 6.07) is 6.64. The molecule has 1 N–H and O–H groups in total. The molecular weight excluding hydrogens is 288 g/mol. The molecule has 0 aliphatic rings. The van der Waals surface area contributed by atoms with E-state index in [0.29, 0.717) is 15.9 Å². The molecule has 0 atom stereocenters. The Kier molecular flexibility index (Phi) is 3.14. The van der Waals surface area contributed by atoms with Crippen LogP contribution >= 0.6 is 15.9 Å². The number of halogens is 1. The van der Waals surface area contributed by atoms with E-state index in [1.165, 1.54) is 11.7 Å². The number of hydrogen-bond acceptors (Lipinski definition) is 3. The molecule has 0 bridgehead atoms. The highest BCUT2D eigenvalue weighted by Gasteiger charge is 2.08. The Labute approximate surface area is 105 Å². The fraction of sp³-hybridized carbons (Fsp3) is 0.0909. The van der Waals surface area contributed by atoms with E-state index in [-0.39, 0.29) is 5.69 Å². The fourth-order valence-corrected chi connectivity index (χ4v) is 1.83. The zero-order valence-electron chi connectivity index (χ0n) is 8.94. The van der Waals surface area contributed by atoms with E-state index in [2.05, 4.69) is 25.7 Å². The number of aromatic nitrogens is 2. The highest BCUT2D eigenvalue weighted by Crippen LogP contribution is 2.12. The minimum absolute atomic E-state index is 0.279. The number of methoxy groups -OCH3 is 1. The molecule has 1 aromatic carbocycles. The van der Waals surface area contributed by atoms with E-state index in [9.17, 15) is 9.59 Å². The number of hydrogen-bond donors (Lipinski definition) is 1. The standard InChI is InChI=1S/C11H9BrN2O3/c1-17-10(15)7-3-2-4-8(5-7)14-6-9(12)13-11(14)16/h2-6H,1H3,(H,13,16). The van der Waals surface area contributed by atoms with Gasteiger partial charge < -0.3 is 4.74 Å². The van der Waals surface area contributed by atoms with E-state index < -0.39 is 5.97 Å². The second-order valence-corrected chi connectivity index (χ2v) is 4.17. The lowest BCUT2D eigenvalue weighted by Crippen LogP contribution is -2.14. The first kappa shape index (κ1) is 11.7. The topological polar surface area (TPSA) is 64.1 Å². The summed E-state index contributed by atoms with van der Waals surface area (Å²) < 4.78 is 6.59. The normalized spacial score (nSPS) is 10.2. The van der Waals surface area contributed by atoms with Gasteiger partial charge in [0.1, 0.15) is 4.60 Å². The van der Waals surface area contributed by atoms with Gasteiger partial charge in [-0.15, -0.1) is 0 Å². The van der Waals surface area contributed by atoms with Crippen LogP contribution in [0.1, 0.15) is 10.4 Å². The highest BCUT2D eigenvalue weighted by molar-refractivity contribution is 9.10. The molecule has 5 nitrogen and oxygen atoms in total. The van der Waals surface area contributed by atoms with Crippen molar-refractivity contribution >= 4 is 21.9 Å². The van der Waals surface area contributed by atoms with Crippen LogP contribution in [0.5, 0.6) is 0 Å². The predicted octanol–water partition coefficient (Wildman–Crippen LogP) is 1.71.